The lowest BCUT2D eigenvalue weighted by Gasteiger charge is -2.08. The summed E-state index contributed by atoms with van der Waals surface area (Å²) in [4.78, 5) is 23.8. The van der Waals surface area contributed by atoms with Crippen LogP contribution in [0.3, 0.4) is 0 Å². The second kappa shape index (κ2) is 10.8. The maximum Gasteiger partial charge on any atom is 0.329 e. The van der Waals surface area contributed by atoms with E-state index < -0.39 is 11.8 Å². The standard InChI is InChI=1S/C22H16Cl3N3O3/c23-16-4-2-5-17(11-16)27-21(29)22(30)28-26-12-14-3-1-6-18(9-14)31-13-15-7-8-19(24)20(25)10-15/h1-12H,13H2,(H,27,29)(H,28,30)/b26-12-. The molecule has 3 rings (SSSR count). The summed E-state index contributed by atoms with van der Waals surface area (Å²) in [5.74, 6) is -1.18. The topological polar surface area (TPSA) is 79.8 Å². The zero-order valence-electron chi connectivity index (χ0n) is 15.9. The smallest absolute Gasteiger partial charge is 0.329 e. The van der Waals surface area contributed by atoms with E-state index in [-0.39, 0.29) is 0 Å². The van der Waals surface area contributed by atoms with Gasteiger partial charge < -0.3 is 10.1 Å². The van der Waals surface area contributed by atoms with Crippen LogP contribution in [0.4, 0.5) is 5.69 Å². The quantitative estimate of drug-likeness (QED) is 0.287. The summed E-state index contributed by atoms with van der Waals surface area (Å²) in [6, 6.07) is 18.8. The van der Waals surface area contributed by atoms with Crippen LogP contribution in [0.15, 0.2) is 71.8 Å². The van der Waals surface area contributed by atoms with Crippen LogP contribution in [-0.4, -0.2) is 18.0 Å². The van der Waals surface area contributed by atoms with Gasteiger partial charge in [-0.2, -0.15) is 5.10 Å². The lowest BCUT2D eigenvalue weighted by Crippen LogP contribution is -2.32. The Labute approximate surface area is 193 Å². The lowest BCUT2D eigenvalue weighted by atomic mass is 10.2. The predicted molar refractivity (Wildman–Crippen MR) is 123 cm³/mol. The number of ether oxygens (including phenoxy) is 1. The van der Waals surface area contributed by atoms with Gasteiger partial charge in [0.15, 0.2) is 0 Å². The van der Waals surface area contributed by atoms with Gasteiger partial charge >= 0.3 is 11.8 Å². The monoisotopic (exact) mass is 475 g/mol. The number of hydrazone groups is 1. The van der Waals surface area contributed by atoms with Crippen molar-refractivity contribution in [2.45, 2.75) is 6.61 Å². The Bertz CT molecular complexity index is 1140. The second-order valence-electron chi connectivity index (χ2n) is 6.27. The summed E-state index contributed by atoms with van der Waals surface area (Å²) in [6.45, 7) is 0.303. The van der Waals surface area contributed by atoms with E-state index in [0.29, 0.717) is 38.7 Å². The first-order valence-electron chi connectivity index (χ1n) is 8.97. The van der Waals surface area contributed by atoms with Gasteiger partial charge in [-0.3, -0.25) is 9.59 Å². The van der Waals surface area contributed by atoms with Gasteiger partial charge in [0.05, 0.1) is 16.3 Å². The molecule has 0 aliphatic rings. The summed E-state index contributed by atoms with van der Waals surface area (Å²) < 4.78 is 5.74. The molecule has 2 N–H and O–H groups in total. The van der Waals surface area contributed by atoms with E-state index in [1.807, 2.05) is 6.07 Å². The molecule has 2 amide bonds. The molecule has 0 saturated heterocycles. The molecule has 6 nitrogen and oxygen atoms in total. The first kappa shape index (κ1) is 22.6. The van der Waals surface area contributed by atoms with Crippen molar-refractivity contribution in [1.82, 2.24) is 5.43 Å². The maximum atomic E-state index is 11.9. The number of halogens is 3. The number of carbonyl (C=O) groups is 2. The third-order valence-corrected chi connectivity index (χ3v) is 4.89. The van der Waals surface area contributed by atoms with Gasteiger partial charge in [0.1, 0.15) is 12.4 Å². The van der Waals surface area contributed by atoms with Gasteiger partial charge in [-0.05, 0) is 53.6 Å². The molecular formula is C22H16Cl3N3O3. The molecule has 158 valence electrons. The minimum absolute atomic E-state index is 0.303. The van der Waals surface area contributed by atoms with Crippen LogP contribution in [0.25, 0.3) is 0 Å². The molecular weight excluding hydrogens is 461 g/mol. The Morgan fingerprint density at radius 1 is 0.903 bits per heavy atom. The third kappa shape index (κ3) is 7.00. The van der Waals surface area contributed by atoms with Crippen molar-refractivity contribution >= 4 is 58.5 Å². The predicted octanol–water partition coefficient (Wildman–Crippen LogP) is 5.31. The zero-order valence-corrected chi connectivity index (χ0v) is 18.2. The highest BCUT2D eigenvalue weighted by Crippen LogP contribution is 2.23. The fourth-order valence-corrected chi connectivity index (χ4v) is 2.96. The van der Waals surface area contributed by atoms with Crippen LogP contribution in [0.1, 0.15) is 11.1 Å². The number of nitrogens with zero attached hydrogens (tertiary/aromatic N) is 1. The molecule has 0 aliphatic carbocycles. The first-order chi connectivity index (χ1) is 14.9. The third-order valence-electron chi connectivity index (χ3n) is 3.92. The van der Waals surface area contributed by atoms with E-state index in [9.17, 15) is 9.59 Å². The van der Waals surface area contributed by atoms with Crippen LogP contribution in [-0.2, 0) is 16.2 Å². The second-order valence-corrected chi connectivity index (χ2v) is 7.52. The fourth-order valence-electron chi connectivity index (χ4n) is 2.45. The zero-order chi connectivity index (χ0) is 22.2. The molecule has 3 aromatic rings. The van der Waals surface area contributed by atoms with Crippen LogP contribution in [0.5, 0.6) is 5.75 Å². The van der Waals surface area contributed by atoms with Gasteiger partial charge in [0.2, 0.25) is 0 Å². The van der Waals surface area contributed by atoms with Crippen LogP contribution in [0.2, 0.25) is 15.1 Å². The molecule has 0 radical (unpaired) electrons. The number of rotatable bonds is 6. The number of hydrogen-bond acceptors (Lipinski definition) is 4. The molecule has 0 saturated carbocycles. The summed E-state index contributed by atoms with van der Waals surface area (Å²) >= 11 is 17.8. The van der Waals surface area contributed by atoms with Gasteiger partial charge in [0, 0.05) is 10.7 Å². The Hall–Kier alpha value is -3.06. The molecule has 0 heterocycles. The Morgan fingerprint density at radius 2 is 1.71 bits per heavy atom. The number of benzene rings is 3. The van der Waals surface area contributed by atoms with E-state index in [1.165, 1.54) is 12.3 Å². The molecule has 31 heavy (non-hydrogen) atoms. The molecule has 0 aromatic heterocycles. The lowest BCUT2D eigenvalue weighted by molar-refractivity contribution is -0.136. The fraction of sp³-hybridized carbons (Fsp3) is 0.0455. The minimum Gasteiger partial charge on any atom is -0.489 e. The average Bonchev–Trinajstić information content (AvgIpc) is 2.75. The number of anilines is 1. The van der Waals surface area contributed by atoms with Gasteiger partial charge in [-0.1, -0.05) is 59.1 Å². The highest BCUT2D eigenvalue weighted by atomic mass is 35.5. The van der Waals surface area contributed by atoms with Crippen LogP contribution >= 0.6 is 34.8 Å². The van der Waals surface area contributed by atoms with Crippen LogP contribution < -0.4 is 15.5 Å². The Kier molecular flexibility index (Phi) is 7.89. The van der Waals surface area contributed by atoms with E-state index in [4.69, 9.17) is 39.5 Å². The van der Waals surface area contributed by atoms with E-state index in [2.05, 4.69) is 15.8 Å². The van der Waals surface area contributed by atoms with Gasteiger partial charge in [-0.25, -0.2) is 5.43 Å². The number of nitrogens with one attached hydrogen (secondary N) is 2. The summed E-state index contributed by atoms with van der Waals surface area (Å²) in [7, 11) is 0. The van der Waals surface area contributed by atoms with Crippen molar-refractivity contribution < 1.29 is 14.3 Å². The molecule has 3 aromatic carbocycles. The largest absolute Gasteiger partial charge is 0.489 e. The normalized spacial score (nSPS) is 10.7. The highest BCUT2D eigenvalue weighted by molar-refractivity contribution is 6.42. The Balaban J connectivity index is 1.53. The molecule has 0 aliphatic heterocycles. The van der Waals surface area contributed by atoms with E-state index >= 15 is 0 Å². The SMILES string of the molecule is O=C(N/N=C\c1cccc(OCc2ccc(Cl)c(Cl)c2)c1)C(=O)Nc1cccc(Cl)c1. The average molecular weight is 477 g/mol. The van der Waals surface area contributed by atoms with Crippen molar-refractivity contribution in [3.63, 3.8) is 0 Å². The number of carbonyl (C=O) groups excluding carboxylic acids is 2. The first-order valence-corrected chi connectivity index (χ1v) is 10.1. The van der Waals surface area contributed by atoms with Crippen molar-refractivity contribution in [2.24, 2.45) is 5.10 Å². The number of amides is 2. The Morgan fingerprint density at radius 3 is 2.48 bits per heavy atom. The molecule has 0 spiro atoms. The van der Waals surface area contributed by atoms with Gasteiger partial charge in [0.25, 0.3) is 0 Å². The molecule has 0 bridgehead atoms. The van der Waals surface area contributed by atoms with E-state index in [1.54, 1.807) is 54.6 Å². The molecule has 0 unspecified atom stereocenters. The summed E-state index contributed by atoms with van der Waals surface area (Å²) in [5, 5.41) is 7.61. The van der Waals surface area contributed by atoms with E-state index in [0.717, 1.165) is 5.56 Å². The summed E-state index contributed by atoms with van der Waals surface area (Å²) in [6.07, 6.45) is 1.40. The maximum absolute atomic E-state index is 11.9. The molecule has 0 atom stereocenters. The molecule has 0 fully saturated rings. The van der Waals surface area contributed by atoms with Gasteiger partial charge in [-0.15, -0.1) is 0 Å². The summed E-state index contributed by atoms with van der Waals surface area (Å²) in [5.41, 5.74) is 4.11. The molecule has 9 heteroatoms. The minimum atomic E-state index is -0.914. The number of hydrogen-bond donors (Lipinski definition) is 2. The van der Waals surface area contributed by atoms with Crippen molar-refractivity contribution in [1.29, 1.82) is 0 Å². The van der Waals surface area contributed by atoms with Crippen molar-refractivity contribution in [2.75, 3.05) is 5.32 Å². The highest BCUT2D eigenvalue weighted by Gasteiger charge is 2.12. The van der Waals surface area contributed by atoms with Crippen LogP contribution in [0, 0.1) is 0 Å². The van der Waals surface area contributed by atoms with Crippen molar-refractivity contribution in [3.05, 3.63) is 92.9 Å². The van der Waals surface area contributed by atoms with Crippen molar-refractivity contribution in [3.8, 4) is 5.75 Å².